The Morgan fingerprint density at radius 3 is 2.23 bits per heavy atom. The van der Waals surface area contributed by atoms with E-state index >= 15 is 0 Å². The molecule has 0 saturated carbocycles. The monoisotopic (exact) mass is 432 g/mol. The van der Waals surface area contributed by atoms with Crippen molar-refractivity contribution in [3.05, 3.63) is 42.0 Å². The number of aryl methyl sites for hydroxylation is 1. The first-order valence-corrected chi connectivity index (χ1v) is 12.0. The fourth-order valence-corrected chi connectivity index (χ4v) is 3.57. The molecule has 31 heavy (non-hydrogen) atoms. The van der Waals surface area contributed by atoms with Crippen LogP contribution >= 0.6 is 0 Å². The fourth-order valence-electron chi connectivity index (χ4n) is 3.57. The Balaban J connectivity index is 1.72. The highest BCUT2D eigenvalue weighted by molar-refractivity contribution is 5.57. The van der Waals surface area contributed by atoms with Crippen LogP contribution in [0.5, 0.6) is 5.75 Å². The number of benzene rings is 1. The highest BCUT2D eigenvalue weighted by Crippen LogP contribution is 2.24. The van der Waals surface area contributed by atoms with E-state index in [1.165, 1.54) is 44.6 Å². The number of hydrogen-bond acceptors (Lipinski definition) is 3. The Labute approximate surface area is 186 Å². The predicted octanol–water partition coefficient (Wildman–Crippen LogP) is 7.87. The van der Waals surface area contributed by atoms with Crippen LogP contribution in [0.2, 0.25) is 0 Å². The van der Waals surface area contributed by atoms with E-state index in [4.69, 9.17) is 4.74 Å². The maximum atomic E-state index is 14.5. The SMILES string of the molecule is CCCCCCCCCCOc1ccc(-c2ncc(CCCCC(C)F)cn2)c(F)c1. The molecule has 1 aromatic heterocycles. The summed E-state index contributed by atoms with van der Waals surface area (Å²) in [7, 11) is 0. The van der Waals surface area contributed by atoms with Crippen LogP contribution in [0.3, 0.4) is 0 Å². The third-order valence-electron chi connectivity index (χ3n) is 5.47. The quantitative estimate of drug-likeness (QED) is 0.253. The molecule has 172 valence electrons. The minimum atomic E-state index is -0.756. The van der Waals surface area contributed by atoms with Gasteiger partial charge in [-0.1, -0.05) is 58.3 Å². The zero-order valence-corrected chi connectivity index (χ0v) is 19.2. The molecule has 2 aromatic rings. The highest BCUT2D eigenvalue weighted by atomic mass is 19.1. The summed E-state index contributed by atoms with van der Waals surface area (Å²) in [5.41, 5.74) is 1.36. The van der Waals surface area contributed by atoms with Gasteiger partial charge in [0.2, 0.25) is 0 Å². The molecule has 0 spiro atoms. The lowest BCUT2D eigenvalue weighted by molar-refractivity contribution is 0.303. The molecule has 2 rings (SSSR count). The number of rotatable bonds is 16. The van der Waals surface area contributed by atoms with Crippen LogP contribution in [0.25, 0.3) is 11.4 Å². The van der Waals surface area contributed by atoms with Crippen LogP contribution in [0, 0.1) is 5.82 Å². The molecule has 0 saturated heterocycles. The normalized spacial score (nSPS) is 12.1. The van der Waals surface area contributed by atoms with Crippen LogP contribution in [0.1, 0.15) is 90.0 Å². The van der Waals surface area contributed by atoms with Crippen LogP contribution in [-0.4, -0.2) is 22.7 Å². The van der Waals surface area contributed by atoms with Crippen molar-refractivity contribution in [2.24, 2.45) is 0 Å². The van der Waals surface area contributed by atoms with E-state index < -0.39 is 6.17 Å². The Morgan fingerprint density at radius 2 is 1.58 bits per heavy atom. The minimum Gasteiger partial charge on any atom is -0.493 e. The lowest BCUT2D eigenvalue weighted by atomic mass is 10.1. The molecule has 0 aliphatic carbocycles. The van der Waals surface area contributed by atoms with Crippen LogP contribution < -0.4 is 4.74 Å². The topological polar surface area (TPSA) is 35.0 Å². The standard InChI is InChI=1S/C26H38F2N2O/c1-3-4-5-6-7-8-9-12-17-31-23-15-16-24(25(28)18-23)26-29-19-22(20-30-26)14-11-10-13-21(2)27/h15-16,18-21H,3-14,17H2,1-2H3. The van der Waals surface area contributed by atoms with Crippen molar-refractivity contribution in [1.82, 2.24) is 9.97 Å². The van der Waals surface area contributed by atoms with Gasteiger partial charge in [0.15, 0.2) is 5.82 Å². The van der Waals surface area contributed by atoms with Crippen molar-refractivity contribution in [2.75, 3.05) is 6.61 Å². The lowest BCUT2D eigenvalue weighted by Gasteiger charge is -2.09. The van der Waals surface area contributed by atoms with Crippen molar-refractivity contribution in [3.8, 4) is 17.1 Å². The molecule has 0 N–H and O–H groups in total. The maximum Gasteiger partial charge on any atom is 0.162 e. The highest BCUT2D eigenvalue weighted by Gasteiger charge is 2.10. The number of hydrogen-bond donors (Lipinski definition) is 0. The van der Waals surface area contributed by atoms with Gasteiger partial charge in [0.05, 0.1) is 18.3 Å². The lowest BCUT2D eigenvalue weighted by Crippen LogP contribution is -1.99. The van der Waals surface area contributed by atoms with Crippen molar-refractivity contribution in [2.45, 2.75) is 97.1 Å². The molecule has 0 bridgehead atoms. The van der Waals surface area contributed by atoms with Gasteiger partial charge < -0.3 is 4.74 Å². The van der Waals surface area contributed by atoms with Crippen LogP contribution in [-0.2, 0) is 6.42 Å². The molecule has 1 heterocycles. The van der Waals surface area contributed by atoms with Gasteiger partial charge in [0, 0.05) is 18.5 Å². The third kappa shape index (κ3) is 10.2. The summed E-state index contributed by atoms with van der Waals surface area (Å²) in [6, 6.07) is 4.87. The molecule has 0 aliphatic heterocycles. The summed E-state index contributed by atoms with van der Waals surface area (Å²) < 4.78 is 33.1. The largest absolute Gasteiger partial charge is 0.493 e. The van der Waals surface area contributed by atoms with E-state index in [1.54, 1.807) is 31.5 Å². The summed E-state index contributed by atoms with van der Waals surface area (Å²) >= 11 is 0. The van der Waals surface area contributed by atoms with Gasteiger partial charge in [-0.3, -0.25) is 0 Å². The van der Waals surface area contributed by atoms with Gasteiger partial charge in [-0.25, -0.2) is 18.7 Å². The van der Waals surface area contributed by atoms with Crippen molar-refractivity contribution in [1.29, 1.82) is 0 Å². The molecular weight excluding hydrogens is 394 g/mol. The average Bonchev–Trinajstić information content (AvgIpc) is 2.76. The van der Waals surface area contributed by atoms with E-state index in [1.807, 2.05) is 0 Å². The number of unbranched alkanes of at least 4 members (excludes halogenated alkanes) is 8. The number of ether oxygens (including phenoxy) is 1. The zero-order chi connectivity index (χ0) is 22.3. The van der Waals surface area contributed by atoms with Crippen LogP contribution in [0.15, 0.2) is 30.6 Å². The van der Waals surface area contributed by atoms with Crippen molar-refractivity contribution in [3.63, 3.8) is 0 Å². The first kappa shape index (κ1) is 25.2. The molecule has 3 nitrogen and oxygen atoms in total. The summed E-state index contributed by atoms with van der Waals surface area (Å²) in [6.45, 7) is 4.43. The van der Waals surface area contributed by atoms with E-state index in [9.17, 15) is 8.78 Å². The number of halogens is 2. The molecule has 0 aliphatic rings. The molecule has 1 aromatic carbocycles. The second kappa shape index (κ2) is 14.9. The molecule has 1 atom stereocenters. The summed E-state index contributed by atoms with van der Waals surface area (Å²) in [4.78, 5) is 8.62. The second-order valence-electron chi connectivity index (χ2n) is 8.41. The summed E-state index contributed by atoms with van der Waals surface area (Å²) in [6.07, 6.45) is 15.8. The number of aromatic nitrogens is 2. The number of alkyl halides is 1. The zero-order valence-electron chi connectivity index (χ0n) is 19.2. The van der Waals surface area contributed by atoms with Gasteiger partial charge >= 0.3 is 0 Å². The van der Waals surface area contributed by atoms with E-state index in [0.717, 1.165) is 37.7 Å². The maximum absolute atomic E-state index is 14.5. The van der Waals surface area contributed by atoms with Crippen LogP contribution in [0.4, 0.5) is 8.78 Å². The molecule has 0 fully saturated rings. The Morgan fingerprint density at radius 1 is 0.903 bits per heavy atom. The molecule has 0 radical (unpaired) electrons. The molecule has 1 unspecified atom stereocenters. The Kier molecular flexibility index (Phi) is 12.1. The smallest absolute Gasteiger partial charge is 0.162 e. The van der Waals surface area contributed by atoms with Gasteiger partial charge in [-0.2, -0.15) is 0 Å². The summed E-state index contributed by atoms with van der Waals surface area (Å²) in [5, 5.41) is 0. The second-order valence-corrected chi connectivity index (χ2v) is 8.41. The third-order valence-corrected chi connectivity index (χ3v) is 5.47. The number of nitrogens with zero attached hydrogens (tertiary/aromatic N) is 2. The molecule has 0 amide bonds. The van der Waals surface area contributed by atoms with E-state index in [2.05, 4.69) is 16.9 Å². The van der Waals surface area contributed by atoms with Crippen molar-refractivity contribution < 1.29 is 13.5 Å². The predicted molar refractivity (Wildman–Crippen MR) is 124 cm³/mol. The first-order chi connectivity index (χ1) is 15.1. The summed E-state index contributed by atoms with van der Waals surface area (Å²) in [5.74, 6) is 0.536. The molecular formula is C26H38F2N2O. The van der Waals surface area contributed by atoms with Gasteiger partial charge in [0.25, 0.3) is 0 Å². The average molecular weight is 433 g/mol. The fraction of sp³-hybridized carbons (Fsp3) is 0.615. The minimum absolute atomic E-state index is 0.369. The van der Waals surface area contributed by atoms with E-state index in [-0.39, 0.29) is 5.82 Å². The van der Waals surface area contributed by atoms with Crippen molar-refractivity contribution >= 4 is 0 Å². The Hall–Kier alpha value is -2.04. The van der Waals surface area contributed by atoms with Gasteiger partial charge in [0.1, 0.15) is 11.6 Å². The van der Waals surface area contributed by atoms with Gasteiger partial charge in [-0.05, 0) is 50.3 Å². The Bertz CT molecular complexity index is 735. The molecule has 5 heteroatoms. The van der Waals surface area contributed by atoms with Gasteiger partial charge in [-0.15, -0.1) is 0 Å². The first-order valence-electron chi connectivity index (χ1n) is 12.0. The van der Waals surface area contributed by atoms with E-state index in [0.29, 0.717) is 30.2 Å².